The minimum atomic E-state index is -0.439. The summed E-state index contributed by atoms with van der Waals surface area (Å²) in [6, 6.07) is 5.54. The van der Waals surface area contributed by atoms with E-state index in [9.17, 15) is 4.79 Å². The van der Waals surface area contributed by atoms with Crippen molar-refractivity contribution in [2.75, 3.05) is 39.2 Å². The number of benzene rings is 1. The van der Waals surface area contributed by atoms with Crippen LogP contribution in [0, 0.1) is 5.41 Å². The third-order valence-electron chi connectivity index (χ3n) is 4.80. The molecule has 1 amide bonds. The van der Waals surface area contributed by atoms with Crippen LogP contribution in [0.25, 0.3) is 0 Å². The molecule has 0 unspecified atom stereocenters. The van der Waals surface area contributed by atoms with Gasteiger partial charge in [0.15, 0.2) is 5.96 Å². The maximum Gasteiger partial charge on any atom is 0.230 e. The van der Waals surface area contributed by atoms with Crippen molar-refractivity contribution in [3.8, 4) is 11.5 Å². The first kappa shape index (κ1) is 24.3. The molecule has 7 nitrogen and oxygen atoms in total. The Morgan fingerprint density at radius 1 is 1.21 bits per heavy atom. The molecule has 0 saturated heterocycles. The molecular formula is C20H33IN4O3. The lowest BCUT2D eigenvalue weighted by Crippen LogP contribution is -2.41. The van der Waals surface area contributed by atoms with E-state index < -0.39 is 5.41 Å². The number of anilines is 1. The number of carbonyl (C=O) groups is 1. The van der Waals surface area contributed by atoms with Gasteiger partial charge in [-0.3, -0.25) is 9.79 Å². The van der Waals surface area contributed by atoms with E-state index in [4.69, 9.17) is 15.2 Å². The fourth-order valence-electron chi connectivity index (χ4n) is 3.52. The molecule has 0 aromatic heterocycles. The molecule has 158 valence electrons. The number of ether oxygens (including phenoxy) is 2. The fraction of sp³-hybridized carbons (Fsp3) is 0.600. The van der Waals surface area contributed by atoms with E-state index in [0.717, 1.165) is 31.4 Å². The number of nitrogens with two attached hydrogens (primary N) is 1. The van der Waals surface area contributed by atoms with Crippen molar-refractivity contribution < 1.29 is 14.3 Å². The second kappa shape index (κ2) is 11.3. The highest BCUT2D eigenvalue weighted by atomic mass is 127. The minimum Gasteiger partial charge on any atom is -0.494 e. The van der Waals surface area contributed by atoms with Crippen LogP contribution in [0.2, 0.25) is 0 Å². The lowest BCUT2D eigenvalue weighted by molar-refractivity contribution is -0.138. The molecule has 0 bridgehead atoms. The Kier molecular flexibility index (Phi) is 9.84. The standard InChI is InChI=1S/C20H32N4O3.HI/c1-5-26-15-9-10-17(27-6-2)16(13-15)23-19(21)22-14-20(11-7-8-12-20)18(25)24(3)4;/h9-10,13H,5-8,11-12,14H2,1-4H3,(H3,21,22,23);1H. The largest absolute Gasteiger partial charge is 0.494 e. The number of guanidine groups is 1. The number of nitrogens with one attached hydrogen (secondary N) is 1. The van der Waals surface area contributed by atoms with E-state index in [-0.39, 0.29) is 35.8 Å². The highest BCUT2D eigenvalue weighted by Crippen LogP contribution is 2.39. The van der Waals surface area contributed by atoms with Crippen LogP contribution in [0.4, 0.5) is 5.69 Å². The van der Waals surface area contributed by atoms with Gasteiger partial charge in [-0.15, -0.1) is 24.0 Å². The van der Waals surface area contributed by atoms with Gasteiger partial charge >= 0.3 is 0 Å². The number of nitrogens with zero attached hydrogens (tertiary/aromatic N) is 2. The molecule has 1 aliphatic rings. The van der Waals surface area contributed by atoms with Gasteiger partial charge in [-0.2, -0.15) is 0 Å². The Morgan fingerprint density at radius 3 is 2.43 bits per heavy atom. The number of carbonyl (C=O) groups excluding carboxylic acids is 1. The lowest BCUT2D eigenvalue weighted by Gasteiger charge is -2.29. The first-order valence-electron chi connectivity index (χ1n) is 9.60. The summed E-state index contributed by atoms with van der Waals surface area (Å²) in [5.74, 6) is 1.80. The Morgan fingerprint density at radius 2 is 1.86 bits per heavy atom. The summed E-state index contributed by atoms with van der Waals surface area (Å²) in [6.07, 6.45) is 3.80. The van der Waals surface area contributed by atoms with Gasteiger partial charge in [-0.05, 0) is 38.8 Å². The first-order chi connectivity index (χ1) is 12.9. The predicted octanol–water partition coefficient (Wildman–Crippen LogP) is 3.48. The van der Waals surface area contributed by atoms with Crippen molar-refractivity contribution in [3.05, 3.63) is 18.2 Å². The van der Waals surface area contributed by atoms with E-state index in [1.54, 1.807) is 19.0 Å². The molecule has 2 rings (SSSR count). The maximum absolute atomic E-state index is 12.7. The van der Waals surface area contributed by atoms with E-state index in [0.29, 0.717) is 31.2 Å². The van der Waals surface area contributed by atoms with Gasteiger partial charge in [0.2, 0.25) is 5.91 Å². The molecule has 0 radical (unpaired) electrons. The second-order valence-corrected chi connectivity index (χ2v) is 7.04. The number of amides is 1. The first-order valence-corrected chi connectivity index (χ1v) is 9.60. The van der Waals surface area contributed by atoms with E-state index in [1.165, 1.54) is 0 Å². The summed E-state index contributed by atoms with van der Waals surface area (Å²) in [5.41, 5.74) is 6.38. The molecule has 3 N–H and O–H groups in total. The van der Waals surface area contributed by atoms with Gasteiger partial charge in [0.1, 0.15) is 11.5 Å². The average Bonchev–Trinajstić information content (AvgIpc) is 3.12. The molecule has 0 spiro atoms. The van der Waals surface area contributed by atoms with Crippen LogP contribution in [0.15, 0.2) is 23.2 Å². The van der Waals surface area contributed by atoms with E-state index in [2.05, 4.69) is 10.3 Å². The van der Waals surface area contributed by atoms with Crippen LogP contribution in [-0.4, -0.2) is 50.6 Å². The molecule has 1 aromatic carbocycles. The quantitative estimate of drug-likeness (QED) is 0.322. The third-order valence-corrected chi connectivity index (χ3v) is 4.80. The topological polar surface area (TPSA) is 89.2 Å². The number of halogens is 1. The number of hydrogen-bond acceptors (Lipinski definition) is 4. The molecule has 0 aliphatic heterocycles. The SMILES string of the molecule is CCOc1ccc(OCC)c(NC(N)=NCC2(C(=O)N(C)C)CCCC2)c1.I. The van der Waals surface area contributed by atoms with Crippen LogP contribution < -0.4 is 20.5 Å². The van der Waals surface area contributed by atoms with Crippen LogP contribution in [0.5, 0.6) is 11.5 Å². The molecule has 1 aliphatic carbocycles. The van der Waals surface area contributed by atoms with Crippen molar-refractivity contribution in [2.45, 2.75) is 39.5 Å². The maximum atomic E-state index is 12.7. The summed E-state index contributed by atoms with van der Waals surface area (Å²) in [7, 11) is 3.59. The molecule has 1 fully saturated rings. The number of rotatable bonds is 8. The second-order valence-electron chi connectivity index (χ2n) is 7.04. The Balaban J connectivity index is 0.00000392. The fourth-order valence-corrected chi connectivity index (χ4v) is 3.52. The van der Waals surface area contributed by atoms with Crippen LogP contribution in [0.1, 0.15) is 39.5 Å². The summed E-state index contributed by atoms with van der Waals surface area (Å²) in [6.45, 7) is 5.36. The van der Waals surface area contributed by atoms with Gasteiger partial charge in [-0.25, -0.2) is 0 Å². The zero-order valence-corrected chi connectivity index (χ0v) is 19.6. The zero-order valence-electron chi connectivity index (χ0n) is 17.3. The van der Waals surface area contributed by atoms with Gasteiger partial charge in [-0.1, -0.05) is 12.8 Å². The van der Waals surface area contributed by atoms with E-state index >= 15 is 0 Å². The Bertz CT molecular complexity index is 673. The summed E-state index contributed by atoms with van der Waals surface area (Å²) in [5, 5.41) is 3.10. The summed E-state index contributed by atoms with van der Waals surface area (Å²) < 4.78 is 11.2. The van der Waals surface area contributed by atoms with Crippen LogP contribution in [0.3, 0.4) is 0 Å². The average molecular weight is 504 g/mol. The predicted molar refractivity (Wildman–Crippen MR) is 124 cm³/mol. The Labute approximate surface area is 185 Å². The molecule has 1 saturated carbocycles. The highest BCUT2D eigenvalue weighted by Gasteiger charge is 2.41. The van der Waals surface area contributed by atoms with Crippen molar-refractivity contribution in [3.63, 3.8) is 0 Å². The van der Waals surface area contributed by atoms with Gasteiger partial charge in [0, 0.05) is 20.2 Å². The molecule has 0 atom stereocenters. The molecular weight excluding hydrogens is 471 g/mol. The van der Waals surface area contributed by atoms with Crippen LogP contribution in [-0.2, 0) is 4.79 Å². The number of aliphatic imine (C=N–C) groups is 1. The Hall–Kier alpha value is -1.71. The van der Waals surface area contributed by atoms with Crippen molar-refractivity contribution in [1.82, 2.24) is 4.90 Å². The van der Waals surface area contributed by atoms with Crippen molar-refractivity contribution in [2.24, 2.45) is 16.1 Å². The lowest BCUT2D eigenvalue weighted by atomic mass is 9.85. The smallest absolute Gasteiger partial charge is 0.230 e. The number of hydrogen-bond donors (Lipinski definition) is 2. The third kappa shape index (κ3) is 6.15. The minimum absolute atomic E-state index is 0. The molecule has 8 heteroatoms. The van der Waals surface area contributed by atoms with E-state index in [1.807, 2.05) is 32.0 Å². The normalized spacial score (nSPS) is 15.5. The van der Waals surface area contributed by atoms with Gasteiger partial charge < -0.3 is 25.4 Å². The monoisotopic (exact) mass is 504 g/mol. The summed E-state index contributed by atoms with van der Waals surface area (Å²) in [4.78, 5) is 18.8. The van der Waals surface area contributed by atoms with Crippen LogP contribution >= 0.6 is 24.0 Å². The van der Waals surface area contributed by atoms with Crippen molar-refractivity contribution in [1.29, 1.82) is 0 Å². The van der Waals surface area contributed by atoms with Gasteiger partial charge in [0.25, 0.3) is 0 Å². The van der Waals surface area contributed by atoms with Crippen molar-refractivity contribution >= 4 is 41.5 Å². The summed E-state index contributed by atoms with van der Waals surface area (Å²) >= 11 is 0. The highest BCUT2D eigenvalue weighted by molar-refractivity contribution is 14.0. The molecule has 1 aromatic rings. The van der Waals surface area contributed by atoms with Gasteiger partial charge in [0.05, 0.1) is 30.9 Å². The molecule has 28 heavy (non-hydrogen) atoms. The zero-order chi connectivity index (χ0) is 19.9. The molecule has 0 heterocycles.